The summed E-state index contributed by atoms with van der Waals surface area (Å²) in [5.41, 5.74) is 0.250. The Hall–Kier alpha value is -2.50. The van der Waals surface area contributed by atoms with Gasteiger partial charge in [-0.25, -0.2) is 0 Å². The van der Waals surface area contributed by atoms with Crippen molar-refractivity contribution in [2.24, 2.45) is 0 Å². The van der Waals surface area contributed by atoms with Gasteiger partial charge in [-0.15, -0.1) is 0 Å². The molecule has 2 aromatic rings. The van der Waals surface area contributed by atoms with Crippen LogP contribution in [0.2, 0.25) is 0 Å². The van der Waals surface area contributed by atoms with Gasteiger partial charge < -0.3 is 14.3 Å². The summed E-state index contributed by atoms with van der Waals surface area (Å²) in [5.74, 6) is -0.520. The topological polar surface area (TPSA) is 53.3 Å². The zero-order valence-corrected chi connectivity index (χ0v) is 10.9. The molecule has 3 nitrogen and oxygen atoms in total. The van der Waals surface area contributed by atoms with E-state index in [0.717, 1.165) is 18.2 Å². The summed E-state index contributed by atoms with van der Waals surface area (Å²) in [4.78, 5) is 10.4. The van der Waals surface area contributed by atoms with Crippen LogP contribution in [0.5, 0.6) is 0 Å². The molecule has 0 aliphatic carbocycles. The van der Waals surface area contributed by atoms with E-state index in [2.05, 4.69) is 0 Å². The molecule has 0 unspecified atom stereocenters. The lowest BCUT2D eigenvalue weighted by Crippen LogP contribution is -2.18. The summed E-state index contributed by atoms with van der Waals surface area (Å²) in [7, 11) is 0. The lowest BCUT2D eigenvalue weighted by molar-refractivity contribution is -0.297. The minimum Gasteiger partial charge on any atom is -0.545 e. The van der Waals surface area contributed by atoms with Crippen LogP contribution in [-0.4, -0.2) is 5.97 Å². The van der Waals surface area contributed by atoms with Crippen molar-refractivity contribution in [3.63, 3.8) is 0 Å². The molecule has 0 N–H and O–H groups in total. The molecule has 110 valence electrons. The number of carboxylic acids is 1. The molecular formula is C15H10F3O3-. The van der Waals surface area contributed by atoms with Crippen LogP contribution in [0.25, 0.3) is 17.4 Å². The predicted molar refractivity (Wildman–Crippen MR) is 67.9 cm³/mol. The Labute approximate surface area is 118 Å². The summed E-state index contributed by atoms with van der Waals surface area (Å²) in [6.07, 6.45) is -2.23. The van der Waals surface area contributed by atoms with Crippen LogP contribution in [0, 0.1) is 6.92 Å². The van der Waals surface area contributed by atoms with E-state index < -0.39 is 17.7 Å². The molecule has 1 aromatic heterocycles. The van der Waals surface area contributed by atoms with Gasteiger partial charge in [0.15, 0.2) is 0 Å². The first kappa shape index (κ1) is 14.9. The zero-order valence-electron chi connectivity index (χ0n) is 10.9. The second kappa shape index (κ2) is 5.47. The van der Waals surface area contributed by atoms with Gasteiger partial charge >= 0.3 is 6.18 Å². The maximum Gasteiger partial charge on any atom is 0.416 e. The zero-order chi connectivity index (χ0) is 15.6. The van der Waals surface area contributed by atoms with Gasteiger partial charge in [0.2, 0.25) is 0 Å². The number of carbonyl (C=O) groups excluding carboxylic acids is 1. The summed E-state index contributed by atoms with van der Waals surface area (Å²) in [5, 5.41) is 10.4. The Morgan fingerprint density at radius 1 is 1.24 bits per heavy atom. The third-order valence-corrected chi connectivity index (χ3v) is 2.85. The van der Waals surface area contributed by atoms with Gasteiger partial charge in [-0.2, -0.15) is 13.2 Å². The quantitative estimate of drug-likeness (QED) is 0.818. The molecule has 1 aromatic carbocycles. The molecular weight excluding hydrogens is 285 g/mol. The first-order chi connectivity index (χ1) is 9.77. The fraction of sp³-hybridized carbons (Fsp3) is 0.133. The molecule has 0 bridgehead atoms. The molecule has 0 saturated carbocycles. The number of furan rings is 1. The van der Waals surface area contributed by atoms with Gasteiger partial charge in [0.25, 0.3) is 0 Å². The van der Waals surface area contributed by atoms with E-state index >= 15 is 0 Å². The molecule has 0 fully saturated rings. The van der Waals surface area contributed by atoms with Crippen LogP contribution in [0.15, 0.2) is 40.8 Å². The smallest absolute Gasteiger partial charge is 0.416 e. The van der Waals surface area contributed by atoms with Crippen molar-refractivity contribution in [1.29, 1.82) is 0 Å². The number of aliphatic carboxylic acids is 1. The third kappa shape index (κ3) is 3.53. The molecule has 0 radical (unpaired) electrons. The normalized spacial score (nSPS) is 12.0. The lowest BCUT2D eigenvalue weighted by Gasteiger charge is -2.06. The fourth-order valence-electron chi connectivity index (χ4n) is 1.79. The van der Waals surface area contributed by atoms with Crippen LogP contribution in [-0.2, 0) is 11.0 Å². The highest BCUT2D eigenvalue weighted by Gasteiger charge is 2.30. The van der Waals surface area contributed by atoms with E-state index in [1.165, 1.54) is 18.2 Å². The second-order valence-corrected chi connectivity index (χ2v) is 4.35. The van der Waals surface area contributed by atoms with Crippen LogP contribution in [0.1, 0.15) is 16.9 Å². The van der Waals surface area contributed by atoms with E-state index in [1.54, 1.807) is 13.0 Å². The highest BCUT2D eigenvalue weighted by atomic mass is 19.4. The Morgan fingerprint density at radius 2 is 1.86 bits per heavy atom. The number of alkyl halides is 3. The second-order valence-electron chi connectivity index (χ2n) is 4.35. The van der Waals surface area contributed by atoms with Gasteiger partial charge in [0.1, 0.15) is 11.5 Å². The maximum absolute atomic E-state index is 12.5. The SMILES string of the molecule is Cc1oc(-c2ccc(C(F)(F)F)cc2)cc1/C=C/C(=O)[O-]. The highest BCUT2D eigenvalue weighted by Crippen LogP contribution is 2.32. The molecule has 1 heterocycles. The summed E-state index contributed by atoms with van der Waals surface area (Å²) < 4.78 is 42.8. The highest BCUT2D eigenvalue weighted by molar-refractivity contribution is 5.84. The average molecular weight is 295 g/mol. The van der Waals surface area contributed by atoms with Crippen molar-refractivity contribution < 1.29 is 27.5 Å². The minimum absolute atomic E-state index is 0.360. The number of hydrogen-bond acceptors (Lipinski definition) is 3. The molecule has 0 spiro atoms. The van der Waals surface area contributed by atoms with Crippen LogP contribution < -0.4 is 5.11 Å². The molecule has 2 rings (SSSR count). The van der Waals surface area contributed by atoms with Crippen LogP contribution in [0.4, 0.5) is 13.2 Å². The third-order valence-electron chi connectivity index (χ3n) is 2.85. The van der Waals surface area contributed by atoms with Crippen molar-refractivity contribution in [1.82, 2.24) is 0 Å². The number of carboxylic acid groups (broad SMARTS) is 1. The average Bonchev–Trinajstić information content (AvgIpc) is 2.77. The predicted octanol–water partition coefficient (Wildman–Crippen LogP) is 3.04. The number of halogens is 3. The van der Waals surface area contributed by atoms with Gasteiger partial charge in [0.05, 0.1) is 11.5 Å². The fourth-order valence-corrected chi connectivity index (χ4v) is 1.79. The monoisotopic (exact) mass is 295 g/mol. The molecule has 0 atom stereocenters. The molecule has 21 heavy (non-hydrogen) atoms. The standard InChI is InChI=1S/C15H11F3O3/c1-9-11(4-7-14(19)20)8-13(21-9)10-2-5-12(6-3-10)15(16,17)18/h2-8H,1H3,(H,19,20)/p-1/b7-4+. The van der Waals surface area contributed by atoms with E-state index in [9.17, 15) is 23.1 Å². The molecule has 0 amide bonds. The number of rotatable bonds is 3. The van der Waals surface area contributed by atoms with Gasteiger partial charge in [0, 0.05) is 11.1 Å². The van der Waals surface area contributed by atoms with Crippen LogP contribution in [0.3, 0.4) is 0 Å². The van der Waals surface area contributed by atoms with Crippen molar-refractivity contribution in [3.8, 4) is 11.3 Å². The number of aryl methyl sites for hydroxylation is 1. The van der Waals surface area contributed by atoms with Crippen molar-refractivity contribution in [3.05, 3.63) is 53.3 Å². The molecule has 6 heteroatoms. The molecule has 0 saturated heterocycles. The summed E-state index contributed by atoms with van der Waals surface area (Å²) in [6, 6.07) is 6.08. The van der Waals surface area contributed by atoms with Gasteiger partial charge in [-0.1, -0.05) is 12.1 Å². The van der Waals surface area contributed by atoms with Gasteiger partial charge in [-0.3, -0.25) is 0 Å². The Morgan fingerprint density at radius 3 is 2.38 bits per heavy atom. The van der Waals surface area contributed by atoms with Crippen molar-refractivity contribution in [2.45, 2.75) is 13.1 Å². The first-order valence-electron chi connectivity index (χ1n) is 5.94. The minimum atomic E-state index is -4.39. The molecule has 0 aliphatic rings. The van der Waals surface area contributed by atoms with Crippen molar-refractivity contribution in [2.75, 3.05) is 0 Å². The largest absolute Gasteiger partial charge is 0.545 e. The van der Waals surface area contributed by atoms with Gasteiger partial charge in [-0.05, 0) is 37.3 Å². The summed E-state index contributed by atoms with van der Waals surface area (Å²) in [6.45, 7) is 1.63. The van der Waals surface area contributed by atoms with E-state index in [0.29, 0.717) is 22.6 Å². The maximum atomic E-state index is 12.5. The molecule has 0 aliphatic heterocycles. The van der Waals surface area contributed by atoms with E-state index in [4.69, 9.17) is 4.42 Å². The first-order valence-corrected chi connectivity index (χ1v) is 5.94. The number of benzene rings is 1. The van der Waals surface area contributed by atoms with Crippen LogP contribution >= 0.6 is 0 Å². The van der Waals surface area contributed by atoms with Crippen molar-refractivity contribution >= 4 is 12.0 Å². The number of hydrogen-bond donors (Lipinski definition) is 0. The van der Waals surface area contributed by atoms with E-state index in [1.807, 2.05) is 0 Å². The Bertz CT molecular complexity index is 679. The Balaban J connectivity index is 2.31. The van der Waals surface area contributed by atoms with E-state index in [-0.39, 0.29) is 0 Å². The Kier molecular flexibility index (Phi) is 3.88. The number of carbonyl (C=O) groups is 1. The lowest BCUT2D eigenvalue weighted by atomic mass is 10.1. The summed E-state index contributed by atoms with van der Waals surface area (Å²) >= 11 is 0.